The summed E-state index contributed by atoms with van der Waals surface area (Å²) in [7, 11) is 0. The molecule has 98 valence electrons. The van der Waals surface area contributed by atoms with Crippen LogP contribution in [-0.4, -0.2) is 24.0 Å². The van der Waals surface area contributed by atoms with Crippen LogP contribution in [0.3, 0.4) is 0 Å². The number of carbonyl (C=O) groups is 1. The lowest BCUT2D eigenvalue weighted by Crippen LogP contribution is -2.39. The average molecular weight is 247 g/mol. The quantitative estimate of drug-likeness (QED) is 0.857. The molecule has 1 aromatic carbocycles. The first-order valence-electron chi connectivity index (χ1n) is 6.66. The summed E-state index contributed by atoms with van der Waals surface area (Å²) < 4.78 is 0. The third-order valence-electron chi connectivity index (χ3n) is 3.87. The number of phenols is 1. The largest absolute Gasteiger partial charge is 0.508 e. The molecule has 18 heavy (non-hydrogen) atoms. The van der Waals surface area contributed by atoms with E-state index in [0.29, 0.717) is 17.5 Å². The normalized spacial score (nSPS) is 23.8. The predicted molar refractivity (Wildman–Crippen MR) is 71.6 cm³/mol. The van der Waals surface area contributed by atoms with E-state index >= 15 is 0 Å². The molecule has 0 bridgehead atoms. The minimum atomic E-state index is 0.225. The van der Waals surface area contributed by atoms with Crippen LogP contribution in [0, 0.1) is 11.8 Å². The minimum Gasteiger partial charge on any atom is -0.508 e. The summed E-state index contributed by atoms with van der Waals surface area (Å²) in [5.41, 5.74) is 1.22. The van der Waals surface area contributed by atoms with E-state index in [4.69, 9.17) is 0 Å². The van der Waals surface area contributed by atoms with Crippen LogP contribution < -0.4 is 5.32 Å². The van der Waals surface area contributed by atoms with Crippen molar-refractivity contribution in [1.82, 2.24) is 5.32 Å². The first-order chi connectivity index (χ1) is 8.66. The topological polar surface area (TPSA) is 49.3 Å². The van der Waals surface area contributed by atoms with E-state index < -0.39 is 0 Å². The lowest BCUT2D eigenvalue weighted by Gasteiger charge is -2.30. The second kappa shape index (κ2) is 6.01. The van der Waals surface area contributed by atoms with Crippen LogP contribution in [0.15, 0.2) is 24.3 Å². The first kappa shape index (κ1) is 13.1. The summed E-state index contributed by atoms with van der Waals surface area (Å²) in [4.78, 5) is 11.6. The van der Waals surface area contributed by atoms with Crippen molar-refractivity contribution in [3.05, 3.63) is 29.8 Å². The minimum absolute atomic E-state index is 0.225. The highest BCUT2D eigenvalue weighted by molar-refractivity contribution is 5.78. The summed E-state index contributed by atoms with van der Waals surface area (Å²) >= 11 is 0. The smallest absolute Gasteiger partial charge is 0.133 e. The van der Waals surface area contributed by atoms with Gasteiger partial charge in [0.05, 0.1) is 0 Å². The Morgan fingerprint density at radius 2 is 2.11 bits per heavy atom. The molecule has 1 heterocycles. The molecule has 2 N–H and O–H groups in total. The zero-order valence-corrected chi connectivity index (χ0v) is 10.9. The van der Waals surface area contributed by atoms with E-state index in [0.717, 1.165) is 32.4 Å². The average Bonchev–Trinajstić information content (AvgIpc) is 2.38. The van der Waals surface area contributed by atoms with E-state index in [1.54, 1.807) is 19.1 Å². The van der Waals surface area contributed by atoms with Crippen molar-refractivity contribution < 1.29 is 9.90 Å². The van der Waals surface area contributed by atoms with E-state index in [-0.39, 0.29) is 5.92 Å². The lowest BCUT2D eigenvalue weighted by molar-refractivity contribution is -0.123. The maximum Gasteiger partial charge on any atom is 0.133 e. The van der Waals surface area contributed by atoms with Crippen molar-refractivity contribution in [1.29, 1.82) is 0 Å². The maximum atomic E-state index is 11.6. The van der Waals surface area contributed by atoms with E-state index in [9.17, 15) is 9.90 Å². The molecule has 1 fully saturated rings. The van der Waals surface area contributed by atoms with Gasteiger partial charge >= 0.3 is 0 Å². The number of hydrogen-bond acceptors (Lipinski definition) is 3. The number of aromatic hydroxyl groups is 1. The van der Waals surface area contributed by atoms with Crippen LogP contribution in [0.1, 0.15) is 25.3 Å². The summed E-state index contributed by atoms with van der Waals surface area (Å²) in [6, 6.07) is 7.34. The molecule has 0 saturated carbocycles. The standard InChI is InChI=1S/C15H21NO2/c1-11(17)15-8-9-16-10-13(15)5-2-12-3-6-14(18)7-4-12/h3-4,6-7,13,15-16,18H,2,5,8-10H2,1H3/t13?,15-/m1/s1. The molecule has 2 rings (SSSR count). The Balaban J connectivity index is 1.91. The van der Waals surface area contributed by atoms with Gasteiger partial charge in [-0.05, 0) is 62.9 Å². The third kappa shape index (κ3) is 3.33. The molecular formula is C15H21NO2. The van der Waals surface area contributed by atoms with Gasteiger partial charge in [0.2, 0.25) is 0 Å². The predicted octanol–water partition coefficient (Wildman–Crippen LogP) is 2.14. The van der Waals surface area contributed by atoms with Gasteiger partial charge in [0.1, 0.15) is 11.5 Å². The molecule has 3 heteroatoms. The maximum absolute atomic E-state index is 11.6. The second-order valence-corrected chi connectivity index (χ2v) is 5.18. The molecule has 1 saturated heterocycles. The zero-order valence-electron chi connectivity index (χ0n) is 10.9. The Labute approximate surface area is 108 Å². The van der Waals surface area contributed by atoms with Crippen LogP contribution in [0.4, 0.5) is 0 Å². The molecule has 0 spiro atoms. The fourth-order valence-electron chi connectivity index (χ4n) is 2.78. The van der Waals surface area contributed by atoms with Gasteiger partial charge in [0.25, 0.3) is 0 Å². The van der Waals surface area contributed by atoms with Crippen LogP contribution in [0.25, 0.3) is 0 Å². The number of Topliss-reactive ketones (excluding diaryl/α,β-unsaturated/α-hetero) is 1. The van der Waals surface area contributed by atoms with Crippen LogP contribution >= 0.6 is 0 Å². The van der Waals surface area contributed by atoms with Crippen molar-refractivity contribution in [3.63, 3.8) is 0 Å². The highest BCUT2D eigenvalue weighted by Gasteiger charge is 2.27. The fourth-order valence-corrected chi connectivity index (χ4v) is 2.78. The van der Waals surface area contributed by atoms with E-state index in [1.165, 1.54) is 5.56 Å². The molecular weight excluding hydrogens is 226 g/mol. The molecule has 1 aromatic rings. The second-order valence-electron chi connectivity index (χ2n) is 5.18. The Kier molecular flexibility index (Phi) is 4.37. The Bertz CT molecular complexity index is 399. The number of benzene rings is 1. The van der Waals surface area contributed by atoms with Gasteiger partial charge < -0.3 is 10.4 Å². The molecule has 1 unspecified atom stereocenters. The highest BCUT2D eigenvalue weighted by Crippen LogP contribution is 2.25. The van der Waals surface area contributed by atoms with Crippen molar-refractivity contribution in [3.8, 4) is 5.75 Å². The van der Waals surface area contributed by atoms with Gasteiger partial charge in [-0.15, -0.1) is 0 Å². The number of phenolic OH excluding ortho intramolecular Hbond substituents is 1. The van der Waals surface area contributed by atoms with Gasteiger partial charge in [-0.1, -0.05) is 12.1 Å². The SMILES string of the molecule is CC(=O)[C@H]1CCNCC1CCc1ccc(O)cc1. The van der Waals surface area contributed by atoms with Crippen LogP contribution in [0.5, 0.6) is 5.75 Å². The Hall–Kier alpha value is -1.35. The molecule has 1 aliphatic rings. The zero-order chi connectivity index (χ0) is 13.0. The number of hydrogen-bond donors (Lipinski definition) is 2. The molecule has 0 aromatic heterocycles. The first-order valence-corrected chi connectivity index (χ1v) is 6.66. The van der Waals surface area contributed by atoms with E-state index in [1.807, 2.05) is 12.1 Å². The van der Waals surface area contributed by atoms with Crippen molar-refractivity contribution in [2.45, 2.75) is 26.2 Å². The van der Waals surface area contributed by atoms with Gasteiger partial charge in [-0.25, -0.2) is 0 Å². The third-order valence-corrected chi connectivity index (χ3v) is 3.87. The molecule has 2 atom stereocenters. The Morgan fingerprint density at radius 3 is 2.78 bits per heavy atom. The number of ketones is 1. The van der Waals surface area contributed by atoms with Crippen molar-refractivity contribution >= 4 is 5.78 Å². The lowest BCUT2D eigenvalue weighted by atomic mass is 9.80. The van der Waals surface area contributed by atoms with Gasteiger partial charge in [-0.2, -0.15) is 0 Å². The number of rotatable bonds is 4. The summed E-state index contributed by atoms with van der Waals surface area (Å²) in [6.07, 6.45) is 2.97. The molecule has 1 aliphatic heterocycles. The number of aryl methyl sites for hydroxylation is 1. The monoisotopic (exact) mass is 247 g/mol. The molecule has 0 radical (unpaired) electrons. The molecule has 3 nitrogen and oxygen atoms in total. The van der Waals surface area contributed by atoms with Gasteiger partial charge in [-0.3, -0.25) is 4.79 Å². The van der Waals surface area contributed by atoms with Gasteiger partial charge in [0.15, 0.2) is 0 Å². The summed E-state index contributed by atoms with van der Waals surface area (Å²) in [6.45, 7) is 3.62. The number of carbonyl (C=O) groups excluding carboxylic acids is 1. The molecule has 0 aliphatic carbocycles. The summed E-state index contributed by atoms with van der Waals surface area (Å²) in [5, 5.41) is 12.6. The van der Waals surface area contributed by atoms with Crippen molar-refractivity contribution in [2.24, 2.45) is 11.8 Å². The molecule has 0 amide bonds. The Morgan fingerprint density at radius 1 is 1.39 bits per heavy atom. The van der Waals surface area contributed by atoms with Crippen LogP contribution in [0.2, 0.25) is 0 Å². The van der Waals surface area contributed by atoms with Crippen LogP contribution in [-0.2, 0) is 11.2 Å². The van der Waals surface area contributed by atoms with Crippen molar-refractivity contribution in [2.75, 3.05) is 13.1 Å². The van der Waals surface area contributed by atoms with Gasteiger partial charge in [0, 0.05) is 5.92 Å². The van der Waals surface area contributed by atoms with E-state index in [2.05, 4.69) is 5.32 Å². The highest BCUT2D eigenvalue weighted by atomic mass is 16.3. The number of piperidine rings is 1. The fraction of sp³-hybridized carbons (Fsp3) is 0.533. The number of nitrogens with one attached hydrogen (secondary N) is 1. The summed E-state index contributed by atoms with van der Waals surface area (Å²) in [5.74, 6) is 1.31.